The summed E-state index contributed by atoms with van der Waals surface area (Å²) in [5.41, 5.74) is 2.95. The minimum Gasteiger partial charge on any atom is -0.493 e. The van der Waals surface area contributed by atoms with Crippen LogP contribution < -0.4 is 0 Å². The number of hydrogen-bond donors (Lipinski definition) is 1. The maximum absolute atomic E-state index is 9.77. The standard InChI is InChI=1S/C13H16N2O/c1-9(2)11-4-6-12(7-5-11)15-13(16)10(3)8-14-15/h4-9,16H,1-3H3. The number of aromatic hydroxyl groups is 1. The van der Waals surface area contributed by atoms with Gasteiger partial charge in [0.15, 0.2) is 0 Å². The van der Waals surface area contributed by atoms with Crippen molar-refractivity contribution in [2.24, 2.45) is 0 Å². The Bertz CT molecular complexity index is 483. The van der Waals surface area contributed by atoms with Crippen molar-refractivity contribution in [2.45, 2.75) is 26.7 Å². The summed E-state index contributed by atoms with van der Waals surface area (Å²) < 4.78 is 1.54. The van der Waals surface area contributed by atoms with Gasteiger partial charge in [-0.1, -0.05) is 26.0 Å². The van der Waals surface area contributed by atoms with Crippen LogP contribution in [0.4, 0.5) is 0 Å². The van der Waals surface area contributed by atoms with E-state index in [1.165, 1.54) is 5.56 Å². The Morgan fingerprint density at radius 1 is 1.19 bits per heavy atom. The van der Waals surface area contributed by atoms with Gasteiger partial charge in [0.2, 0.25) is 5.88 Å². The molecule has 0 saturated heterocycles. The van der Waals surface area contributed by atoms with Crippen molar-refractivity contribution in [1.29, 1.82) is 0 Å². The van der Waals surface area contributed by atoms with Gasteiger partial charge in [0, 0.05) is 5.56 Å². The molecule has 0 atom stereocenters. The summed E-state index contributed by atoms with van der Waals surface area (Å²) >= 11 is 0. The zero-order valence-corrected chi connectivity index (χ0v) is 9.81. The minimum atomic E-state index is 0.206. The molecule has 0 unspecified atom stereocenters. The van der Waals surface area contributed by atoms with Gasteiger partial charge in [-0.05, 0) is 30.5 Å². The van der Waals surface area contributed by atoms with Crippen LogP contribution in [0.2, 0.25) is 0 Å². The summed E-state index contributed by atoms with van der Waals surface area (Å²) in [4.78, 5) is 0. The van der Waals surface area contributed by atoms with Crippen LogP contribution in [0.1, 0.15) is 30.9 Å². The van der Waals surface area contributed by atoms with Crippen molar-refractivity contribution in [3.05, 3.63) is 41.6 Å². The minimum absolute atomic E-state index is 0.206. The van der Waals surface area contributed by atoms with Gasteiger partial charge in [0.05, 0.1) is 11.9 Å². The Morgan fingerprint density at radius 2 is 1.81 bits per heavy atom. The Morgan fingerprint density at radius 3 is 2.25 bits per heavy atom. The third kappa shape index (κ3) is 1.81. The van der Waals surface area contributed by atoms with Crippen molar-refractivity contribution in [2.75, 3.05) is 0 Å². The van der Waals surface area contributed by atoms with E-state index in [9.17, 15) is 5.11 Å². The molecule has 1 N–H and O–H groups in total. The van der Waals surface area contributed by atoms with Crippen molar-refractivity contribution in [1.82, 2.24) is 9.78 Å². The molecule has 0 aliphatic carbocycles. The summed E-state index contributed by atoms with van der Waals surface area (Å²) in [5, 5.41) is 13.9. The number of aryl methyl sites for hydroxylation is 1. The lowest BCUT2D eigenvalue weighted by Crippen LogP contribution is -1.96. The second-order valence-electron chi connectivity index (χ2n) is 4.31. The fraction of sp³-hybridized carbons (Fsp3) is 0.308. The van der Waals surface area contributed by atoms with Crippen LogP contribution in [0.5, 0.6) is 5.88 Å². The Hall–Kier alpha value is -1.77. The van der Waals surface area contributed by atoms with Crippen LogP contribution in [0.15, 0.2) is 30.5 Å². The molecule has 0 amide bonds. The fourth-order valence-electron chi connectivity index (χ4n) is 1.61. The Labute approximate surface area is 95.3 Å². The van der Waals surface area contributed by atoms with E-state index in [1.54, 1.807) is 10.9 Å². The van der Waals surface area contributed by atoms with Crippen molar-refractivity contribution in [3.63, 3.8) is 0 Å². The zero-order valence-electron chi connectivity index (χ0n) is 9.81. The average molecular weight is 216 g/mol. The highest BCUT2D eigenvalue weighted by Crippen LogP contribution is 2.22. The van der Waals surface area contributed by atoms with Gasteiger partial charge in [0.1, 0.15) is 0 Å². The van der Waals surface area contributed by atoms with Gasteiger partial charge >= 0.3 is 0 Å². The van der Waals surface area contributed by atoms with Crippen molar-refractivity contribution >= 4 is 0 Å². The summed E-state index contributed by atoms with van der Waals surface area (Å²) in [6, 6.07) is 8.08. The van der Waals surface area contributed by atoms with Crippen LogP contribution in [0, 0.1) is 6.92 Å². The molecule has 2 rings (SSSR count). The highest BCUT2D eigenvalue weighted by molar-refractivity contribution is 5.39. The molecule has 1 aromatic heterocycles. The average Bonchev–Trinajstić information content (AvgIpc) is 2.60. The molecule has 0 saturated carbocycles. The van der Waals surface area contributed by atoms with E-state index in [0.717, 1.165) is 11.3 Å². The van der Waals surface area contributed by atoms with Gasteiger partial charge in [-0.15, -0.1) is 0 Å². The predicted molar refractivity (Wildman–Crippen MR) is 64.1 cm³/mol. The molecule has 84 valence electrons. The predicted octanol–water partition coefficient (Wildman–Crippen LogP) is 3.01. The number of nitrogens with zero attached hydrogens (tertiary/aromatic N) is 2. The molecule has 0 spiro atoms. The monoisotopic (exact) mass is 216 g/mol. The molecule has 0 fully saturated rings. The van der Waals surface area contributed by atoms with Crippen molar-refractivity contribution < 1.29 is 5.11 Å². The van der Waals surface area contributed by atoms with E-state index >= 15 is 0 Å². The van der Waals surface area contributed by atoms with E-state index in [0.29, 0.717) is 5.92 Å². The number of hydrogen-bond acceptors (Lipinski definition) is 2. The Kier molecular flexibility index (Phi) is 2.69. The van der Waals surface area contributed by atoms with E-state index in [-0.39, 0.29) is 5.88 Å². The molecule has 0 aliphatic heterocycles. The SMILES string of the molecule is Cc1cnn(-c2ccc(C(C)C)cc2)c1O. The van der Waals surface area contributed by atoms with Crippen LogP contribution in [0.25, 0.3) is 5.69 Å². The normalized spacial score (nSPS) is 11.0. The summed E-state index contributed by atoms with van der Waals surface area (Å²) in [6.07, 6.45) is 1.66. The maximum atomic E-state index is 9.77. The van der Waals surface area contributed by atoms with Crippen LogP contribution in [-0.2, 0) is 0 Å². The fourth-order valence-corrected chi connectivity index (χ4v) is 1.61. The van der Waals surface area contributed by atoms with Crippen LogP contribution in [-0.4, -0.2) is 14.9 Å². The molecule has 1 heterocycles. The van der Waals surface area contributed by atoms with E-state index in [1.807, 2.05) is 19.1 Å². The van der Waals surface area contributed by atoms with Gasteiger partial charge in [-0.3, -0.25) is 0 Å². The van der Waals surface area contributed by atoms with Gasteiger partial charge in [-0.25, -0.2) is 4.68 Å². The second kappa shape index (κ2) is 4.00. The molecule has 1 aromatic carbocycles. The van der Waals surface area contributed by atoms with Gasteiger partial charge in [0.25, 0.3) is 0 Å². The van der Waals surface area contributed by atoms with Crippen LogP contribution in [0.3, 0.4) is 0 Å². The largest absolute Gasteiger partial charge is 0.493 e. The first kappa shape index (κ1) is 10.7. The molecule has 0 aliphatic rings. The lowest BCUT2D eigenvalue weighted by Gasteiger charge is -2.07. The topological polar surface area (TPSA) is 38.0 Å². The first-order valence-corrected chi connectivity index (χ1v) is 5.43. The number of aromatic nitrogens is 2. The van der Waals surface area contributed by atoms with E-state index in [2.05, 4.69) is 31.1 Å². The van der Waals surface area contributed by atoms with E-state index in [4.69, 9.17) is 0 Å². The molecule has 0 bridgehead atoms. The quantitative estimate of drug-likeness (QED) is 0.838. The first-order chi connectivity index (χ1) is 7.59. The molecule has 0 radical (unpaired) electrons. The summed E-state index contributed by atoms with van der Waals surface area (Å²) in [5.74, 6) is 0.722. The Balaban J connectivity index is 2.38. The number of rotatable bonds is 2. The molecule has 3 heteroatoms. The summed E-state index contributed by atoms with van der Waals surface area (Å²) in [7, 11) is 0. The second-order valence-corrected chi connectivity index (χ2v) is 4.31. The lowest BCUT2D eigenvalue weighted by molar-refractivity contribution is 0.430. The highest BCUT2D eigenvalue weighted by atomic mass is 16.3. The van der Waals surface area contributed by atoms with E-state index < -0.39 is 0 Å². The molecular formula is C13H16N2O. The summed E-state index contributed by atoms with van der Waals surface area (Å²) in [6.45, 7) is 6.15. The molecule has 16 heavy (non-hydrogen) atoms. The maximum Gasteiger partial charge on any atom is 0.217 e. The molecular weight excluding hydrogens is 200 g/mol. The lowest BCUT2D eigenvalue weighted by atomic mass is 10.0. The highest BCUT2D eigenvalue weighted by Gasteiger charge is 2.07. The van der Waals surface area contributed by atoms with Gasteiger partial charge in [-0.2, -0.15) is 5.10 Å². The third-order valence-corrected chi connectivity index (χ3v) is 2.72. The molecule has 3 nitrogen and oxygen atoms in total. The van der Waals surface area contributed by atoms with Gasteiger partial charge < -0.3 is 5.11 Å². The zero-order chi connectivity index (χ0) is 11.7. The smallest absolute Gasteiger partial charge is 0.217 e. The number of benzene rings is 1. The van der Waals surface area contributed by atoms with Crippen LogP contribution >= 0.6 is 0 Å². The molecule has 2 aromatic rings. The van der Waals surface area contributed by atoms with Crippen molar-refractivity contribution in [3.8, 4) is 11.6 Å². The first-order valence-electron chi connectivity index (χ1n) is 5.43. The third-order valence-electron chi connectivity index (χ3n) is 2.72.